The van der Waals surface area contributed by atoms with Crippen LogP contribution in [-0.4, -0.2) is 125 Å². The average molecular weight is 994 g/mol. The normalized spacial score (nSPS) is 17.6. The van der Waals surface area contributed by atoms with Crippen molar-refractivity contribution in [1.29, 1.82) is 0 Å². The molecule has 12 rings (SSSR count). The number of nitrogen functional groups attached to an aromatic ring is 1. The molecule has 8 aromatic rings. The number of nitrogens with one attached hydrogen (secondary N) is 1. The quantitative estimate of drug-likeness (QED) is 0.148. The third kappa shape index (κ3) is 10.2. The predicted molar refractivity (Wildman–Crippen MR) is 282 cm³/mol. The maximum Gasteiger partial charge on any atom is 0.229 e. The standard InChI is InChI=1S/C26H32N8.C14H15N5.C12H18BrN3/c1-32(2)19-10-13-33(14-11-19)24-8-7-18(15-28-24)30-26-29-16-22-21-9-12-27-17-23(21)34(25(22)31-26)20-5-3-4-6-20;15-14-17-7-11-10-5-6-16-8-12(10)19(13(11)18-14)9-3-1-2-4-9;1-15(2)11-5-7-16(8-6-11)12-4-3-10(13)9-14-12/h7-9,12,15-17,19-20H,3-6,10-11,13-14H2,1-2H3,(H,29,30,31);5-9H,1-4H2,(H2,15,17,18);3-4,9,11H,5-8H2,1-2H3. The summed E-state index contributed by atoms with van der Waals surface area (Å²) in [5.74, 6) is 3.07. The van der Waals surface area contributed by atoms with E-state index < -0.39 is 0 Å². The number of hydrogen-bond acceptors (Lipinski definition) is 14. The zero-order chi connectivity index (χ0) is 47.4. The molecule has 0 atom stereocenters. The van der Waals surface area contributed by atoms with Gasteiger partial charge in [-0.25, -0.2) is 19.9 Å². The highest BCUT2D eigenvalue weighted by molar-refractivity contribution is 9.10. The molecule has 0 spiro atoms. The fraction of sp³-hybridized carbons (Fsp3) is 0.462. The summed E-state index contributed by atoms with van der Waals surface area (Å²) in [5.41, 5.74) is 10.9. The Balaban J connectivity index is 0.000000133. The molecular formula is C52H65BrN16. The number of nitrogens with two attached hydrogens (primary N) is 1. The van der Waals surface area contributed by atoms with Gasteiger partial charge in [-0.05, 0) is 132 Å². The molecule has 0 radical (unpaired) electrons. The Hall–Kier alpha value is -6.04. The van der Waals surface area contributed by atoms with E-state index >= 15 is 0 Å². The fourth-order valence-corrected chi connectivity index (χ4v) is 11.3. The van der Waals surface area contributed by atoms with Crippen molar-refractivity contribution in [3.05, 3.63) is 90.4 Å². The first-order chi connectivity index (χ1) is 33.7. The number of fused-ring (bicyclic) bond motifs is 6. The molecule has 10 heterocycles. The molecule has 17 heteroatoms. The van der Waals surface area contributed by atoms with Crippen molar-refractivity contribution < 1.29 is 0 Å². The van der Waals surface area contributed by atoms with Crippen molar-refractivity contribution in [2.75, 3.05) is 75.2 Å². The van der Waals surface area contributed by atoms with E-state index in [1.807, 2.05) is 55.6 Å². The Kier molecular flexibility index (Phi) is 14.1. The van der Waals surface area contributed by atoms with Gasteiger partial charge in [-0.1, -0.05) is 25.7 Å². The summed E-state index contributed by atoms with van der Waals surface area (Å²) in [4.78, 5) is 45.4. The number of nitrogens with zero attached hydrogens (tertiary/aromatic N) is 14. The van der Waals surface area contributed by atoms with Crippen LogP contribution < -0.4 is 20.9 Å². The zero-order valence-electron chi connectivity index (χ0n) is 40.4. The van der Waals surface area contributed by atoms with Gasteiger partial charge in [0.2, 0.25) is 11.9 Å². The molecule has 16 nitrogen and oxygen atoms in total. The Labute approximate surface area is 412 Å². The molecule has 2 aliphatic heterocycles. The van der Waals surface area contributed by atoms with Crippen LogP contribution in [0.25, 0.3) is 43.9 Å². The van der Waals surface area contributed by atoms with Crippen molar-refractivity contribution in [1.82, 2.24) is 58.8 Å². The Bertz CT molecular complexity index is 2960. The van der Waals surface area contributed by atoms with E-state index in [1.165, 1.54) is 82.4 Å². The highest BCUT2D eigenvalue weighted by Gasteiger charge is 2.26. The lowest BCUT2D eigenvalue weighted by atomic mass is 10.0. The summed E-state index contributed by atoms with van der Waals surface area (Å²) < 4.78 is 5.73. The summed E-state index contributed by atoms with van der Waals surface area (Å²) in [6, 6.07) is 14.8. The van der Waals surface area contributed by atoms with Gasteiger partial charge in [-0.15, -0.1) is 0 Å². The van der Waals surface area contributed by atoms with Crippen molar-refractivity contribution in [2.24, 2.45) is 0 Å². The number of hydrogen-bond donors (Lipinski definition) is 2. The molecule has 69 heavy (non-hydrogen) atoms. The first kappa shape index (κ1) is 46.7. The number of aromatic nitrogens is 10. The molecule has 0 unspecified atom stereocenters. The molecule has 4 aliphatic rings. The van der Waals surface area contributed by atoms with E-state index in [1.54, 1.807) is 0 Å². The van der Waals surface area contributed by atoms with E-state index in [0.29, 0.717) is 30.0 Å². The van der Waals surface area contributed by atoms with Gasteiger partial charge in [-0.3, -0.25) is 9.97 Å². The minimum absolute atomic E-state index is 0.336. The molecule has 2 saturated heterocycles. The van der Waals surface area contributed by atoms with Crippen molar-refractivity contribution >= 4 is 89.0 Å². The summed E-state index contributed by atoms with van der Waals surface area (Å²) in [5, 5.41) is 7.86. The summed E-state index contributed by atoms with van der Waals surface area (Å²) in [6.45, 7) is 4.31. The molecule has 3 N–H and O–H groups in total. The van der Waals surface area contributed by atoms with Crippen LogP contribution in [0, 0.1) is 0 Å². The molecular weight excluding hydrogens is 929 g/mol. The number of halogens is 1. The van der Waals surface area contributed by atoms with Crippen LogP contribution in [0.4, 0.5) is 29.2 Å². The number of anilines is 5. The number of piperidine rings is 2. The highest BCUT2D eigenvalue weighted by Crippen LogP contribution is 2.39. The second-order valence-corrected chi connectivity index (χ2v) is 20.4. The van der Waals surface area contributed by atoms with E-state index in [-0.39, 0.29) is 0 Å². The number of rotatable bonds is 8. The lowest BCUT2D eigenvalue weighted by Crippen LogP contribution is -2.42. The molecule has 360 valence electrons. The van der Waals surface area contributed by atoms with E-state index in [4.69, 9.17) is 15.7 Å². The maximum atomic E-state index is 5.76. The van der Waals surface area contributed by atoms with Crippen LogP contribution in [0.1, 0.15) is 89.1 Å². The highest BCUT2D eigenvalue weighted by atomic mass is 79.9. The Morgan fingerprint density at radius 3 is 1.51 bits per heavy atom. The predicted octanol–water partition coefficient (Wildman–Crippen LogP) is 9.81. The van der Waals surface area contributed by atoms with Crippen LogP contribution in [0.5, 0.6) is 0 Å². The van der Waals surface area contributed by atoms with Gasteiger partial charge in [0.25, 0.3) is 0 Å². The van der Waals surface area contributed by atoms with Gasteiger partial charge in [0.15, 0.2) is 0 Å². The van der Waals surface area contributed by atoms with E-state index in [2.05, 4.69) is 138 Å². The summed E-state index contributed by atoms with van der Waals surface area (Å²) in [7, 11) is 8.67. The van der Waals surface area contributed by atoms with Gasteiger partial charge in [0, 0.05) is 107 Å². The van der Waals surface area contributed by atoms with Crippen molar-refractivity contribution in [3.8, 4) is 0 Å². The van der Waals surface area contributed by atoms with Crippen LogP contribution in [0.15, 0.2) is 90.4 Å². The topological polar surface area (TPSA) is 164 Å². The Morgan fingerprint density at radius 1 is 0.536 bits per heavy atom. The third-order valence-electron chi connectivity index (χ3n) is 14.8. The van der Waals surface area contributed by atoms with Gasteiger partial charge in [0.1, 0.15) is 22.9 Å². The van der Waals surface area contributed by atoms with Gasteiger partial charge >= 0.3 is 0 Å². The first-order valence-corrected chi connectivity index (χ1v) is 25.6. The van der Waals surface area contributed by atoms with Gasteiger partial charge in [-0.2, -0.15) is 9.97 Å². The summed E-state index contributed by atoms with van der Waals surface area (Å²) >= 11 is 3.41. The smallest absolute Gasteiger partial charge is 0.229 e. The minimum atomic E-state index is 0.336. The molecule has 4 fully saturated rings. The lowest BCUT2D eigenvalue weighted by molar-refractivity contribution is 0.249. The van der Waals surface area contributed by atoms with Crippen LogP contribution in [0.2, 0.25) is 0 Å². The van der Waals surface area contributed by atoms with E-state index in [0.717, 1.165) is 92.5 Å². The Morgan fingerprint density at radius 2 is 1.03 bits per heavy atom. The summed E-state index contributed by atoms with van der Waals surface area (Å²) in [6.07, 6.45) is 29.8. The fourth-order valence-electron chi connectivity index (χ4n) is 11.0. The number of pyridine rings is 4. The van der Waals surface area contributed by atoms with Crippen LogP contribution in [-0.2, 0) is 0 Å². The van der Waals surface area contributed by atoms with Gasteiger partial charge < -0.3 is 39.8 Å². The molecule has 2 aliphatic carbocycles. The third-order valence-corrected chi connectivity index (χ3v) is 15.3. The molecule has 0 aromatic carbocycles. The second-order valence-electron chi connectivity index (χ2n) is 19.5. The monoisotopic (exact) mass is 992 g/mol. The SMILES string of the molecule is CN(C)C1CCN(c2ccc(Br)cn2)CC1.CN(C)C1CCN(c2ccc(Nc3ncc4c5ccncc5n(C5CCCC5)c4n3)cn2)CC1.Nc1ncc2c3ccncc3n(C3CCCC3)c2n1. The zero-order valence-corrected chi connectivity index (χ0v) is 42.0. The van der Waals surface area contributed by atoms with Crippen LogP contribution in [0.3, 0.4) is 0 Å². The lowest BCUT2D eigenvalue weighted by Gasteiger charge is -2.35. The molecule has 0 bridgehead atoms. The van der Waals surface area contributed by atoms with E-state index in [9.17, 15) is 0 Å². The maximum absolute atomic E-state index is 5.76. The average Bonchev–Trinajstić information content (AvgIpc) is 4.21. The molecule has 0 amide bonds. The second kappa shape index (κ2) is 20.9. The largest absolute Gasteiger partial charge is 0.368 e. The molecule has 2 saturated carbocycles. The minimum Gasteiger partial charge on any atom is -0.368 e. The van der Waals surface area contributed by atoms with Crippen molar-refractivity contribution in [3.63, 3.8) is 0 Å². The molecule has 8 aromatic heterocycles. The van der Waals surface area contributed by atoms with Crippen LogP contribution >= 0.6 is 15.9 Å². The first-order valence-electron chi connectivity index (χ1n) is 24.8. The van der Waals surface area contributed by atoms with Crippen molar-refractivity contribution in [2.45, 2.75) is 101 Å². The van der Waals surface area contributed by atoms with Gasteiger partial charge in [0.05, 0.1) is 35.3 Å².